The minimum atomic E-state index is -1.73. The summed E-state index contributed by atoms with van der Waals surface area (Å²) in [4.78, 5) is 15.1. The number of carbonyl (C=O) groups excluding carboxylic acids is 1. The number of amides is 1. The number of nitrogens with one attached hydrogen (secondary N) is 2. The van der Waals surface area contributed by atoms with Crippen molar-refractivity contribution < 1.29 is 9.79 Å². The van der Waals surface area contributed by atoms with Crippen LogP contribution in [0.1, 0.15) is 36.7 Å². The van der Waals surface area contributed by atoms with E-state index in [1.807, 2.05) is 39.8 Å². The largest absolute Gasteiger partial charge is 0.338 e. The molecule has 6 heteroatoms. The van der Waals surface area contributed by atoms with Crippen LogP contribution >= 0.6 is 34.8 Å². The van der Waals surface area contributed by atoms with Crippen molar-refractivity contribution in [2.45, 2.75) is 37.0 Å². The summed E-state index contributed by atoms with van der Waals surface area (Å²) in [7, 11) is 0. The van der Waals surface area contributed by atoms with Crippen molar-refractivity contribution in [1.82, 2.24) is 5.32 Å². The molecule has 0 radical (unpaired) electrons. The number of benzene rings is 1. The van der Waals surface area contributed by atoms with Gasteiger partial charge in [-0.05, 0) is 39.8 Å². The van der Waals surface area contributed by atoms with E-state index in [9.17, 15) is 4.79 Å². The lowest BCUT2D eigenvalue weighted by Crippen LogP contribution is -2.88. The van der Waals surface area contributed by atoms with Crippen molar-refractivity contribution >= 4 is 46.5 Å². The first-order valence-corrected chi connectivity index (χ1v) is 7.23. The Morgan fingerprint density at radius 2 is 1.60 bits per heavy atom. The van der Waals surface area contributed by atoms with E-state index in [1.54, 1.807) is 12.1 Å². The molecule has 0 aliphatic heterocycles. The third kappa shape index (κ3) is 5.70. The molecule has 2 N–H and O–H groups in total. The van der Waals surface area contributed by atoms with Crippen LogP contribution in [0.5, 0.6) is 0 Å². The molecule has 0 aliphatic carbocycles. The maximum absolute atomic E-state index is 12.2. The molecule has 0 saturated carbocycles. The van der Waals surface area contributed by atoms with Crippen LogP contribution in [0.2, 0.25) is 0 Å². The molecule has 20 heavy (non-hydrogen) atoms. The molecule has 0 heterocycles. The number of hydrogen-bond acceptors (Lipinski definition) is 1. The second-order valence-corrected chi connectivity index (χ2v) is 7.85. The van der Waals surface area contributed by atoms with Gasteiger partial charge in [-0.25, -0.2) is 10.1 Å². The SMILES string of the molecule is Cc1ccc(C(=O)NC(=[NH+]C(C)(C)C)C(Cl)(Cl)Cl)cc1. The van der Waals surface area contributed by atoms with E-state index < -0.39 is 3.79 Å². The van der Waals surface area contributed by atoms with Gasteiger partial charge in [-0.1, -0.05) is 52.5 Å². The Hall–Kier alpha value is -0.770. The Balaban J connectivity index is 3.00. The molecular formula is C14H18Cl3N2O+. The van der Waals surface area contributed by atoms with Crippen molar-refractivity contribution in [3.63, 3.8) is 0 Å². The number of aryl methyl sites for hydroxylation is 1. The molecule has 1 amide bonds. The quantitative estimate of drug-likeness (QED) is 0.461. The molecule has 0 aliphatic rings. The number of rotatable bonds is 1. The molecule has 1 aromatic rings. The lowest BCUT2D eigenvalue weighted by atomic mass is 10.1. The predicted octanol–water partition coefficient (Wildman–Crippen LogP) is 2.37. The summed E-state index contributed by atoms with van der Waals surface area (Å²) in [6.07, 6.45) is 0. The molecule has 0 aromatic heterocycles. The number of hydrogen-bond donors (Lipinski definition) is 2. The van der Waals surface area contributed by atoms with E-state index in [0.717, 1.165) is 5.56 Å². The Morgan fingerprint density at radius 3 is 2.00 bits per heavy atom. The number of halogens is 3. The van der Waals surface area contributed by atoms with Gasteiger partial charge in [0.05, 0.1) is 11.1 Å². The van der Waals surface area contributed by atoms with Crippen LogP contribution in [0.25, 0.3) is 0 Å². The normalized spacial score (nSPS) is 13.2. The van der Waals surface area contributed by atoms with Crippen molar-refractivity contribution in [3.05, 3.63) is 35.4 Å². The van der Waals surface area contributed by atoms with E-state index in [0.29, 0.717) is 5.56 Å². The first-order chi connectivity index (χ1) is 8.99. The molecule has 0 unspecified atom stereocenters. The van der Waals surface area contributed by atoms with E-state index in [-0.39, 0.29) is 17.3 Å². The van der Waals surface area contributed by atoms with Crippen LogP contribution < -0.4 is 10.3 Å². The smallest absolute Gasteiger partial charge is 0.270 e. The number of alkyl halides is 3. The first-order valence-electron chi connectivity index (χ1n) is 6.09. The summed E-state index contributed by atoms with van der Waals surface area (Å²) in [6, 6.07) is 7.14. The first kappa shape index (κ1) is 17.3. The van der Waals surface area contributed by atoms with Crippen molar-refractivity contribution in [2.75, 3.05) is 0 Å². The zero-order chi connectivity index (χ0) is 15.6. The lowest BCUT2D eigenvalue weighted by Gasteiger charge is -2.16. The van der Waals surface area contributed by atoms with Gasteiger partial charge >= 0.3 is 11.7 Å². The highest BCUT2D eigenvalue weighted by Gasteiger charge is 2.37. The molecule has 0 bridgehead atoms. The minimum absolute atomic E-state index is 0.139. The fourth-order valence-corrected chi connectivity index (χ4v) is 1.72. The molecule has 0 spiro atoms. The average Bonchev–Trinajstić information content (AvgIpc) is 2.25. The van der Waals surface area contributed by atoms with Crippen LogP contribution in [-0.4, -0.2) is 21.1 Å². The maximum Gasteiger partial charge on any atom is 0.338 e. The molecule has 0 fully saturated rings. The monoisotopic (exact) mass is 335 g/mol. The van der Waals surface area contributed by atoms with Crippen LogP contribution in [0.3, 0.4) is 0 Å². The summed E-state index contributed by atoms with van der Waals surface area (Å²) in [5.41, 5.74) is 1.22. The van der Waals surface area contributed by atoms with Crippen LogP contribution in [0.15, 0.2) is 24.3 Å². The lowest BCUT2D eigenvalue weighted by molar-refractivity contribution is -0.541. The van der Waals surface area contributed by atoms with Gasteiger partial charge in [-0.3, -0.25) is 4.99 Å². The van der Waals surface area contributed by atoms with Crippen LogP contribution in [-0.2, 0) is 0 Å². The van der Waals surface area contributed by atoms with Gasteiger partial charge < -0.3 is 0 Å². The molecular weight excluding hydrogens is 319 g/mol. The van der Waals surface area contributed by atoms with E-state index >= 15 is 0 Å². The highest BCUT2D eigenvalue weighted by molar-refractivity contribution is 6.76. The van der Waals surface area contributed by atoms with Gasteiger partial charge in [0.25, 0.3) is 3.79 Å². The Labute approximate surface area is 134 Å². The zero-order valence-electron chi connectivity index (χ0n) is 11.9. The molecule has 3 nitrogen and oxygen atoms in total. The van der Waals surface area contributed by atoms with E-state index in [1.165, 1.54) is 0 Å². The minimum Gasteiger partial charge on any atom is -0.270 e. The topological polar surface area (TPSA) is 43.1 Å². The van der Waals surface area contributed by atoms with Crippen LogP contribution in [0, 0.1) is 6.92 Å². The van der Waals surface area contributed by atoms with E-state index in [4.69, 9.17) is 34.8 Å². The second kappa shape index (κ2) is 6.33. The Morgan fingerprint density at radius 1 is 1.10 bits per heavy atom. The maximum atomic E-state index is 12.2. The zero-order valence-corrected chi connectivity index (χ0v) is 14.1. The van der Waals surface area contributed by atoms with Gasteiger partial charge in [0.2, 0.25) is 0 Å². The van der Waals surface area contributed by atoms with Gasteiger partial charge in [0.1, 0.15) is 0 Å². The third-order valence-corrected chi connectivity index (χ3v) is 2.90. The number of carbonyl (C=O) groups is 1. The summed E-state index contributed by atoms with van der Waals surface area (Å²) in [5.74, 6) is -0.191. The molecule has 1 aromatic carbocycles. The fraction of sp³-hybridized carbons (Fsp3) is 0.429. The van der Waals surface area contributed by atoms with Gasteiger partial charge in [-0.15, -0.1) is 0 Å². The molecule has 0 atom stereocenters. The summed E-state index contributed by atoms with van der Waals surface area (Å²) < 4.78 is -1.73. The van der Waals surface area contributed by atoms with Gasteiger partial charge in [0.15, 0.2) is 0 Å². The molecule has 0 saturated heterocycles. The van der Waals surface area contributed by atoms with Crippen LogP contribution in [0.4, 0.5) is 0 Å². The summed E-state index contributed by atoms with van der Waals surface area (Å²) in [6.45, 7) is 7.66. The average molecular weight is 337 g/mol. The molecule has 1 rings (SSSR count). The predicted molar refractivity (Wildman–Crippen MR) is 84.7 cm³/mol. The van der Waals surface area contributed by atoms with Crippen molar-refractivity contribution in [1.29, 1.82) is 0 Å². The summed E-state index contributed by atoms with van der Waals surface area (Å²) in [5, 5.41) is 2.62. The highest BCUT2D eigenvalue weighted by atomic mass is 35.6. The van der Waals surface area contributed by atoms with Crippen molar-refractivity contribution in [2.24, 2.45) is 0 Å². The highest BCUT2D eigenvalue weighted by Crippen LogP contribution is 2.25. The Bertz CT molecular complexity index is 511. The number of amidine groups is 1. The van der Waals surface area contributed by atoms with Gasteiger partial charge in [0, 0.05) is 0 Å². The summed E-state index contributed by atoms with van der Waals surface area (Å²) >= 11 is 17.6. The second-order valence-electron chi connectivity index (χ2n) is 5.57. The van der Waals surface area contributed by atoms with E-state index in [2.05, 4.69) is 10.3 Å². The fourth-order valence-electron chi connectivity index (χ4n) is 1.44. The molecule has 110 valence electrons. The van der Waals surface area contributed by atoms with Crippen molar-refractivity contribution in [3.8, 4) is 0 Å². The van der Waals surface area contributed by atoms with Gasteiger partial charge in [-0.2, -0.15) is 0 Å². The Kier molecular flexibility index (Phi) is 5.47. The third-order valence-electron chi connectivity index (χ3n) is 2.34. The standard InChI is InChI=1S/C14H17Cl3N2O/c1-9-5-7-10(8-6-9)11(20)18-12(14(15,16)17)19-13(2,3)4/h5-8H,1-4H3,(H,18,19,20)/p+1.